The van der Waals surface area contributed by atoms with Gasteiger partial charge in [0.1, 0.15) is 13.2 Å². The molecular weight excluding hydrogens is 925 g/mol. The van der Waals surface area contributed by atoms with Gasteiger partial charge in [-0.05, 0) is 135 Å². The molecule has 6 heteroatoms. The molecule has 1 atom stereocenters. The zero-order valence-corrected chi connectivity index (χ0v) is 48.3. The molecule has 0 rings (SSSR count). The van der Waals surface area contributed by atoms with Gasteiger partial charge in [-0.15, -0.1) is 0 Å². The van der Waals surface area contributed by atoms with Crippen molar-refractivity contribution in [2.45, 2.75) is 258 Å². The van der Waals surface area contributed by atoms with Gasteiger partial charge in [-0.2, -0.15) is 0 Å². The van der Waals surface area contributed by atoms with Crippen molar-refractivity contribution >= 4 is 17.9 Å². The lowest BCUT2D eigenvalue weighted by atomic mass is 10.1. The SMILES string of the molecule is CC/C=C\C/C=C\C/C=C\C/C=C\C/C=C\CCCCCCCCCC(=O)OCC(COC(=O)CCCCC/C=C\C/C=C\C/C=C\CC)OC(=O)CCCCCCCCCC/C=C\C/C=C\C/C=C\C/C=C\CC. The number of carbonyl (C=O) groups is 3. The van der Waals surface area contributed by atoms with Gasteiger partial charge in [0.05, 0.1) is 0 Å². The van der Waals surface area contributed by atoms with Gasteiger partial charge >= 0.3 is 17.9 Å². The molecule has 422 valence electrons. The van der Waals surface area contributed by atoms with Gasteiger partial charge < -0.3 is 14.2 Å². The van der Waals surface area contributed by atoms with E-state index in [1.165, 1.54) is 57.8 Å². The third-order valence-corrected chi connectivity index (χ3v) is 12.3. The average molecular weight is 1040 g/mol. The predicted molar refractivity (Wildman–Crippen MR) is 325 cm³/mol. The van der Waals surface area contributed by atoms with Crippen LogP contribution in [0.3, 0.4) is 0 Å². The minimum atomic E-state index is -0.807. The highest BCUT2D eigenvalue weighted by atomic mass is 16.6. The molecule has 0 fully saturated rings. The van der Waals surface area contributed by atoms with Crippen molar-refractivity contribution < 1.29 is 28.6 Å². The maximum atomic E-state index is 12.9. The van der Waals surface area contributed by atoms with Crippen LogP contribution in [0.25, 0.3) is 0 Å². The summed E-state index contributed by atoms with van der Waals surface area (Å²) in [6.45, 7) is 6.25. The van der Waals surface area contributed by atoms with Gasteiger partial charge in [0.15, 0.2) is 6.10 Å². The standard InChI is InChI=1S/C69H110O6/c1-4-7-10-13-16-19-22-25-27-29-31-33-34-36-37-39-41-44-47-50-53-56-59-62-68(71)74-65-66(64-73-67(70)61-58-55-52-49-46-43-24-21-18-15-12-9-6-3)75-69(72)63-60-57-54-51-48-45-42-40-38-35-32-30-28-26-23-20-17-14-11-8-5-2/h7-12,16-21,25-28,31-33,35-37,43,46,66H,4-6,13-15,22-24,29-30,34,38-42,44-45,47-65H2,1-3H3/b10-7-,11-8-,12-9-,19-16-,20-17-,21-18-,27-25-,28-26-,33-31-,35-32-,37-36-,46-43-. The number of esters is 3. The van der Waals surface area contributed by atoms with Crippen molar-refractivity contribution in [1.82, 2.24) is 0 Å². The van der Waals surface area contributed by atoms with Crippen molar-refractivity contribution in [2.24, 2.45) is 0 Å². The Labute approximate surface area is 461 Å². The molecule has 0 radical (unpaired) electrons. The van der Waals surface area contributed by atoms with Crippen LogP contribution in [0.4, 0.5) is 0 Å². The van der Waals surface area contributed by atoms with Crippen molar-refractivity contribution in [2.75, 3.05) is 13.2 Å². The fraction of sp³-hybridized carbons (Fsp3) is 0.609. The number of ether oxygens (including phenoxy) is 3. The Morgan fingerprint density at radius 1 is 0.267 bits per heavy atom. The summed E-state index contributed by atoms with van der Waals surface area (Å²) >= 11 is 0. The van der Waals surface area contributed by atoms with E-state index in [1.54, 1.807) is 0 Å². The molecule has 0 aliphatic carbocycles. The highest BCUT2D eigenvalue weighted by molar-refractivity contribution is 5.71. The van der Waals surface area contributed by atoms with Crippen LogP contribution in [-0.2, 0) is 28.6 Å². The van der Waals surface area contributed by atoms with E-state index in [4.69, 9.17) is 14.2 Å². The molecule has 0 aromatic rings. The van der Waals surface area contributed by atoms with Gasteiger partial charge in [0.25, 0.3) is 0 Å². The first-order chi connectivity index (χ1) is 37.0. The molecule has 0 spiro atoms. The molecule has 0 bridgehead atoms. The third kappa shape index (κ3) is 60.0. The molecule has 0 amide bonds. The Morgan fingerprint density at radius 2 is 0.480 bits per heavy atom. The van der Waals surface area contributed by atoms with E-state index >= 15 is 0 Å². The van der Waals surface area contributed by atoms with Crippen molar-refractivity contribution in [3.63, 3.8) is 0 Å². The van der Waals surface area contributed by atoms with E-state index in [-0.39, 0.29) is 31.1 Å². The molecule has 0 aliphatic heterocycles. The van der Waals surface area contributed by atoms with E-state index in [2.05, 4.69) is 167 Å². The summed E-state index contributed by atoms with van der Waals surface area (Å²) in [6, 6.07) is 0. The lowest BCUT2D eigenvalue weighted by Gasteiger charge is -2.18. The molecule has 1 unspecified atom stereocenters. The highest BCUT2D eigenvalue weighted by Crippen LogP contribution is 2.14. The number of unbranched alkanes of at least 4 members (excludes halogenated alkanes) is 18. The number of allylic oxidation sites excluding steroid dienone is 24. The van der Waals surface area contributed by atoms with Crippen LogP contribution >= 0.6 is 0 Å². The van der Waals surface area contributed by atoms with Crippen LogP contribution in [0.2, 0.25) is 0 Å². The minimum absolute atomic E-state index is 0.102. The summed E-state index contributed by atoms with van der Waals surface area (Å²) in [4.78, 5) is 38.3. The van der Waals surface area contributed by atoms with Crippen LogP contribution in [0.15, 0.2) is 146 Å². The van der Waals surface area contributed by atoms with Gasteiger partial charge in [0, 0.05) is 19.3 Å². The summed E-state index contributed by atoms with van der Waals surface area (Å²) in [5.41, 5.74) is 0. The number of hydrogen-bond acceptors (Lipinski definition) is 6. The second kappa shape index (κ2) is 61.8. The Balaban J connectivity index is 4.43. The van der Waals surface area contributed by atoms with Crippen LogP contribution in [-0.4, -0.2) is 37.2 Å². The first-order valence-corrected chi connectivity index (χ1v) is 30.3. The smallest absolute Gasteiger partial charge is 0.306 e. The first-order valence-electron chi connectivity index (χ1n) is 30.3. The van der Waals surface area contributed by atoms with Gasteiger partial charge in [-0.1, -0.05) is 244 Å². The molecular formula is C69H110O6. The monoisotopic (exact) mass is 1030 g/mol. The van der Waals surface area contributed by atoms with E-state index in [0.29, 0.717) is 19.3 Å². The summed E-state index contributed by atoms with van der Waals surface area (Å²) in [6.07, 6.45) is 88.4. The largest absolute Gasteiger partial charge is 0.462 e. The lowest BCUT2D eigenvalue weighted by Crippen LogP contribution is -2.30. The number of carbonyl (C=O) groups excluding carboxylic acids is 3. The summed E-state index contributed by atoms with van der Waals surface area (Å²) in [5.74, 6) is -0.954. The fourth-order valence-electron chi connectivity index (χ4n) is 7.89. The molecule has 0 heterocycles. The molecule has 0 saturated heterocycles. The first kappa shape index (κ1) is 70.3. The van der Waals surface area contributed by atoms with Crippen LogP contribution in [0.5, 0.6) is 0 Å². The second-order valence-electron chi connectivity index (χ2n) is 19.5. The topological polar surface area (TPSA) is 78.9 Å². The van der Waals surface area contributed by atoms with Gasteiger partial charge in [-0.25, -0.2) is 0 Å². The number of rotatable bonds is 53. The Bertz CT molecular complexity index is 1660. The highest BCUT2D eigenvalue weighted by Gasteiger charge is 2.19. The zero-order chi connectivity index (χ0) is 54.3. The minimum Gasteiger partial charge on any atom is -0.462 e. The second-order valence-corrected chi connectivity index (χ2v) is 19.5. The Hall–Kier alpha value is -4.71. The Morgan fingerprint density at radius 3 is 0.760 bits per heavy atom. The van der Waals surface area contributed by atoms with Crippen molar-refractivity contribution in [3.8, 4) is 0 Å². The van der Waals surface area contributed by atoms with E-state index in [1.807, 2.05) is 0 Å². The maximum absolute atomic E-state index is 12.9. The quantitative estimate of drug-likeness (QED) is 0.0261. The lowest BCUT2D eigenvalue weighted by molar-refractivity contribution is -0.167. The van der Waals surface area contributed by atoms with Crippen LogP contribution < -0.4 is 0 Å². The zero-order valence-electron chi connectivity index (χ0n) is 48.3. The van der Waals surface area contributed by atoms with Gasteiger partial charge in [0.2, 0.25) is 0 Å². The molecule has 0 aromatic carbocycles. The Kier molecular flexibility index (Phi) is 58.0. The summed E-state index contributed by atoms with van der Waals surface area (Å²) < 4.78 is 16.9. The van der Waals surface area contributed by atoms with Crippen molar-refractivity contribution in [3.05, 3.63) is 146 Å². The van der Waals surface area contributed by atoms with Gasteiger partial charge in [-0.3, -0.25) is 14.4 Å². The van der Waals surface area contributed by atoms with E-state index in [9.17, 15) is 14.4 Å². The summed E-state index contributed by atoms with van der Waals surface area (Å²) in [7, 11) is 0. The molecule has 75 heavy (non-hydrogen) atoms. The van der Waals surface area contributed by atoms with Crippen LogP contribution in [0, 0.1) is 0 Å². The summed E-state index contributed by atoms with van der Waals surface area (Å²) in [5, 5.41) is 0. The number of hydrogen-bond donors (Lipinski definition) is 0. The predicted octanol–water partition coefficient (Wildman–Crippen LogP) is 20.8. The normalized spacial score (nSPS) is 13.2. The van der Waals surface area contributed by atoms with E-state index < -0.39 is 6.10 Å². The molecule has 0 aromatic heterocycles. The van der Waals surface area contributed by atoms with Crippen LogP contribution in [0.1, 0.15) is 252 Å². The average Bonchev–Trinajstić information content (AvgIpc) is 3.41. The molecule has 0 aliphatic rings. The molecule has 0 N–H and O–H groups in total. The molecule has 0 saturated carbocycles. The molecule has 6 nitrogen and oxygen atoms in total. The van der Waals surface area contributed by atoms with E-state index in [0.717, 1.165) is 154 Å². The fourth-order valence-corrected chi connectivity index (χ4v) is 7.89. The maximum Gasteiger partial charge on any atom is 0.306 e. The third-order valence-electron chi connectivity index (χ3n) is 12.3. The van der Waals surface area contributed by atoms with Crippen molar-refractivity contribution in [1.29, 1.82) is 0 Å².